The first-order chi connectivity index (χ1) is 13.6. The van der Waals surface area contributed by atoms with Gasteiger partial charge in [0.2, 0.25) is 0 Å². The zero-order valence-electron chi connectivity index (χ0n) is 18.6. The summed E-state index contributed by atoms with van der Waals surface area (Å²) in [4.78, 5) is 0. The Balaban J connectivity index is 2.39. The average Bonchev–Trinajstić information content (AvgIpc) is 2.65. The summed E-state index contributed by atoms with van der Waals surface area (Å²) in [5.41, 5.74) is 8.42. The van der Waals surface area contributed by atoms with Crippen molar-refractivity contribution in [2.24, 2.45) is 5.92 Å². The fourth-order valence-electron chi connectivity index (χ4n) is 4.64. The van der Waals surface area contributed by atoms with Crippen LogP contribution < -0.4 is 0 Å². The minimum Gasteiger partial charge on any atom is -0.130 e. The van der Waals surface area contributed by atoms with Crippen LogP contribution in [0.25, 0.3) is 0 Å². The molecule has 156 valence electrons. The Labute approximate surface area is 189 Å². The highest BCUT2D eigenvalue weighted by atomic mass is 35.5. The lowest BCUT2D eigenvalue weighted by atomic mass is 9.93. The molecular formula is C26H34Cl2Si. The van der Waals surface area contributed by atoms with Gasteiger partial charge in [-0.1, -0.05) is 89.0 Å². The predicted molar refractivity (Wildman–Crippen MR) is 133 cm³/mol. The van der Waals surface area contributed by atoms with Gasteiger partial charge in [0.1, 0.15) is 8.07 Å². The number of benzene rings is 2. The lowest BCUT2D eigenvalue weighted by Gasteiger charge is -2.38. The third kappa shape index (κ3) is 6.39. The van der Waals surface area contributed by atoms with Crippen LogP contribution in [-0.4, -0.2) is 8.07 Å². The van der Waals surface area contributed by atoms with Crippen LogP contribution in [-0.2, 0) is 12.8 Å². The molecule has 2 aromatic rings. The molecule has 2 aromatic carbocycles. The molecule has 0 spiro atoms. The van der Waals surface area contributed by atoms with E-state index in [1.54, 1.807) is 0 Å². The van der Waals surface area contributed by atoms with Crippen molar-refractivity contribution in [3.05, 3.63) is 69.7 Å². The monoisotopic (exact) mass is 444 g/mol. The molecular weight excluding hydrogens is 411 g/mol. The highest BCUT2D eigenvalue weighted by Gasteiger charge is 2.41. The van der Waals surface area contributed by atoms with Crippen LogP contribution in [0.15, 0.2) is 48.5 Å². The van der Waals surface area contributed by atoms with Gasteiger partial charge in [0, 0.05) is 16.0 Å². The minimum absolute atomic E-state index is 0.278. The zero-order valence-corrected chi connectivity index (χ0v) is 21.1. The van der Waals surface area contributed by atoms with Gasteiger partial charge >= 0.3 is 0 Å². The average molecular weight is 446 g/mol. The van der Waals surface area contributed by atoms with E-state index in [2.05, 4.69) is 77.3 Å². The maximum Gasteiger partial charge on any atom is 0.145 e. The topological polar surface area (TPSA) is 0 Å². The van der Waals surface area contributed by atoms with Crippen LogP contribution in [0.4, 0.5) is 0 Å². The lowest BCUT2D eigenvalue weighted by molar-refractivity contribution is 0.667. The number of hydrogen-bond donors (Lipinski definition) is 0. The van der Waals surface area contributed by atoms with Crippen molar-refractivity contribution in [2.75, 3.05) is 0 Å². The summed E-state index contributed by atoms with van der Waals surface area (Å²) >= 11 is 12.2. The molecule has 0 aliphatic carbocycles. The Bertz CT molecular complexity index is 754. The molecule has 0 aliphatic rings. The van der Waals surface area contributed by atoms with E-state index in [1.807, 2.05) is 24.3 Å². The number of hydrogen-bond acceptors (Lipinski definition) is 0. The summed E-state index contributed by atoms with van der Waals surface area (Å²) in [5.74, 6) is 4.05. The fourth-order valence-corrected chi connectivity index (χ4v) is 10.2. The van der Waals surface area contributed by atoms with Crippen molar-refractivity contribution in [2.45, 2.75) is 71.0 Å². The summed E-state index contributed by atoms with van der Waals surface area (Å²) in [6.45, 7) is 14.2. The molecule has 0 saturated heterocycles. The maximum absolute atomic E-state index is 6.08. The molecule has 0 fully saturated rings. The normalized spacial score (nSPS) is 12.0. The van der Waals surface area contributed by atoms with Gasteiger partial charge in [-0.15, -0.1) is 11.5 Å². The van der Waals surface area contributed by atoms with Crippen LogP contribution in [0.5, 0.6) is 0 Å². The van der Waals surface area contributed by atoms with Crippen molar-refractivity contribution in [1.82, 2.24) is 0 Å². The minimum atomic E-state index is -1.75. The summed E-state index contributed by atoms with van der Waals surface area (Å²) in [7, 11) is -1.75. The molecule has 0 aromatic heterocycles. The second-order valence-electron chi connectivity index (χ2n) is 9.02. The molecule has 2 rings (SSSR count). The molecule has 0 N–H and O–H groups in total. The van der Waals surface area contributed by atoms with E-state index < -0.39 is 8.07 Å². The summed E-state index contributed by atoms with van der Waals surface area (Å²) in [6, 6.07) is 16.4. The van der Waals surface area contributed by atoms with Gasteiger partial charge in [0.15, 0.2) is 0 Å². The van der Waals surface area contributed by atoms with E-state index in [0.717, 1.165) is 22.9 Å². The van der Waals surface area contributed by atoms with Crippen molar-refractivity contribution < 1.29 is 0 Å². The fraction of sp³-hybridized carbons (Fsp3) is 0.462. The highest BCUT2D eigenvalue weighted by molar-refractivity contribution is 6.90. The lowest BCUT2D eigenvalue weighted by Crippen LogP contribution is -2.43. The molecule has 0 bridgehead atoms. The van der Waals surface area contributed by atoms with Gasteiger partial charge < -0.3 is 0 Å². The Morgan fingerprint density at radius 1 is 0.655 bits per heavy atom. The summed E-state index contributed by atoms with van der Waals surface area (Å²) < 4.78 is 0. The molecule has 29 heavy (non-hydrogen) atoms. The molecule has 3 heteroatoms. The van der Waals surface area contributed by atoms with Crippen LogP contribution in [0.3, 0.4) is 0 Å². The quantitative estimate of drug-likeness (QED) is 0.296. The first-order valence-electron chi connectivity index (χ1n) is 10.7. The van der Waals surface area contributed by atoms with Gasteiger partial charge in [-0.3, -0.25) is 0 Å². The second-order valence-corrected chi connectivity index (χ2v) is 15.5. The number of rotatable bonds is 7. The van der Waals surface area contributed by atoms with Crippen LogP contribution in [0, 0.1) is 17.4 Å². The zero-order chi connectivity index (χ0) is 21.6. The van der Waals surface area contributed by atoms with E-state index in [1.165, 1.54) is 11.1 Å². The maximum atomic E-state index is 6.08. The van der Waals surface area contributed by atoms with E-state index in [0.29, 0.717) is 16.6 Å². The van der Waals surface area contributed by atoms with Gasteiger partial charge in [0.05, 0.1) is 0 Å². The van der Waals surface area contributed by atoms with Crippen LogP contribution in [0.1, 0.15) is 52.7 Å². The second kappa shape index (κ2) is 10.7. The Morgan fingerprint density at radius 2 is 1.00 bits per heavy atom. The summed E-state index contributed by atoms with van der Waals surface area (Å²) in [6.07, 6.45) is 1.87. The summed E-state index contributed by atoms with van der Waals surface area (Å²) in [5, 5.41) is 1.56. The third-order valence-electron chi connectivity index (χ3n) is 6.15. The van der Waals surface area contributed by atoms with E-state index in [-0.39, 0.29) is 5.92 Å². The molecule has 0 saturated carbocycles. The van der Waals surface area contributed by atoms with Gasteiger partial charge in [-0.25, -0.2) is 0 Å². The predicted octanol–water partition coefficient (Wildman–Crippen LogP) is 8.62. The van der Waals surface area contributed by atoms with Crippen molar-refractivity contribution in [3.63, 3.8) is 0 Å². The standard InChI is InChI=1S/C26H34Cl2Si/c1-19(2)29(20(3)4,21(5)6)16-15-24(17-22-7-11-25(27)12-8-22)18-23-9-13-26(28)14-10-23/h7-14,19-21,24H,17-18H2,1-6H3. The van der Waals surface area contributed by atoms with Crippen LogP contribution >= 0.6 is 23.2 Å². The molecule has 0 unspecified atom stereocenters. The van der Waals surface area contributed by atoms with Crippen molar-refractivity contribution in [1.29, 1.82) is 0 Å². The van der Waals surface area contributed by atoms with Gasteiger partial charge in [-0.05, 0) is 64.9 Å². The van der Waals surface area contributed by atoms with E-state index in [9.17, 15) is 0 Å². The van der Waals surface area contributed by atoms with Crippen molar-refractivity contribution in [3.8, 4) is 11.5 Å². The van der Waals surface area contributed by atoms with Gasteiger partial charge in [-0.2, -0.15) is 0 Å². The first-order valence-corrected chi connectivity index (χ1v) is 13.7. The number of halogens is 2. The van der Waals surface area contributed by atoms with E-state index >= 15 is 0 Å². The highest BCUT2D eigenvalue weighted by Crippen LogP contribution is 2.40. The Kier molecular flexibility index (Phi) is 8.89. The molecule has 0 atom stereocenters. The SMILES string of the molecule is CC(C)[Si](C#CC(Cc1ccc(Cl)cc1)Cc1ccc(Cl)cc1)(C(C)C)C(C)C. The van der Waals surface area contributed by atoms with Crippen molar-refractivity contribution >= 4 is 31.3 Å². The molecule has 0 radical (unpaired) electrons. The smallest absolute Gasteiger partial charge is 0.130 e. The molecule has 0 aliphatic heterocycles. The molecule has 0 heterocycles. The van der Waals surface area contributed by atoms with E-state index in [4.69, 9.17) is 23.2 Å². The Hall–Kier alpha value is -1.20. The first kappa shape index (κ1) is 24.1. The Morgan fingerprint density at radius 3 is 1.31 bits per heavy atom. The molecule has 0 amide bonds. The molecule has 0 nitrogen and oxygen atoms in total. The largest absolute Gasteiger partial charge is 0.145 e. The van der Waals surface area contributed by atoms with Gasteiger partial charge in [0.25, 0.3) is 0 Å². The van der Waals surface area contributed by atoms with Crippen LogP contribution in [0.2, 0.25) is 26.7 Å². The third-order valence-corrected chi connectivity index (χ3v) is 13.0.